The van der Waals surface area contributed by atoms with Crippen molar-refractivity contribution >= 4 is 35.2 Å². The molecule has 154 valence electrons. The molecule has 1 fully saturated rings. The molecule has 1 N–H and O–H groups in total. The summed E-state index contributed by atoms with van der Waals surface area (Å²) in [6, 6.07) is 10.5. The number of carbonyl (C=O) groups is 1. The fraction of sp³-hybridized carbons (Fsp3) is 0.300. The van der Waals surface area contributed by atoms with E-state index in [0.717, 1.165) is 44.2 Å². The van der Waals surface area contributed by atoms with Gasteiger partial charge in [-0.2, -0.15) is 4.99 Å². The van der Waals surface area contributed by atoms with Crippen LogP contribution in [-0.4, -0.2) is 56.2 Å². The summed E-state index contributed by atoms with van der Waals surface area (Å²) in [5.41, 5.74) is 2.14. The highest BCUT2D eigenvalue weighted by Crippen LogP contribution is 2.42. The van der Waals surface area contributed by atoms with E-state index >= 15 is 0 Å². The van der Waals surface area contributed by atoms with E-state index in [2.05, 4.69) is 9.89 Å². The Morgan fingerprint density at radius 3 is 2.67 bits per heavy atom. The predicted molar refractivity (Wildman–Crippen MR) is 108 cm³/mol. The summed E-state index contributed by atoms with van der Waals surface area (Å²) in [7, 11) is 0. The highest BCUT2D eigenvalue weighted by Gasteiger charge is 2.42. The standard InChI is InChI=1S/C20H19N5O5/c26-19-17(13-14-5-6-18(30-14)25(27)28)24-16-4-2-1-3-15(16)23(20(24)21-19)8-7-22-9-11-29-12-10-22/h1-6,13H,7-12H2/p+1. The topological polar surface area (TPSA) is 106 Å². The number of benzene rings is 1. The first-order valence-corrected chi connectivity index (χ1v) is 9.79. The van der Waals surface area contributed by atoms with E-state index in [1.165, 1.54) is 23.1 Å². The minimum Gasteiger partial charge on any atom is -0.401 e. The number of anilines is 2. The van der Waals surface area contributed by atoms with Crippen LogP contribution in [0.4, 0.5) is 17.3 Å². The molecule has 2 aromatic rings. The first-order chi connectivity index (χ1) is 14.6. The third kappa shape index (κ3) is 3.15. The van der Waals surface area contributed by atoms with Crippen molar-refractivity contribution in [1.29, 1.82) is 0 Å². The van der Waals surface area contributed by atoms with Gasteiger partial charge in [-0.15, -0.1) is 0 Å². The second-order valence-corrected chi connectivity index (χ2v) is 7.27. The molecule has 0 bridgehead atoms. The maximum Gasteiger partial charge on any atom is 0.433 e. The van der Waals surface area contributed by atoms with Crippen molar-refractivity contribution in [2.75, 3.05) is 49.2 Å². The van der Waals surface area contributed by atoms with Crippen LogP contribution in [0.1, 0.15) is 5.76 Å². The molecular formula is C20H20N5O5+. The van der Waals surface area contributed by atoms with Crippen LogP contribution in [0, 0.1) is 10.1 Å². The number of furan rings is 1. The summed E-state index contributed by atoms with van der Waals surface area (Å²) < 4.78 is 10.6. The Hall–Kier alpha value is -3.50. The van der Waals surface area contributed by atoms with Crippen LogP contribution in [0.2, 0.25) is 0 Å². The number of hydrogen-bond donors (Lipinski definition) is 1. The van der Waals surface area contributed by atoms with Gasteiger partial charge in [0.15, 0.2) is 0 Å². The zero-order valence-corrected chi connectivity index (χ0v) is 16.1. The highest BCUT2D eigenvalue weighted by atomic mass is 16.6. The lowest BCUT2D eigenvalue weighted by Crippen LogP contribution is -3.14. The molecule has 1 aromatic heterocycles. The third-order valence-corrected chi connectivity index (χ3v) is 5.48. The van der Waals surface area contributed by atoms with Gasteiger partial charge in [0.25, 0.3) is 5.91 Å². The van der Waals surface area contributed by atoms with Crippen molar-refractivity contribution < 1.29 is 23.8 Å². The predicted octanol–water partition coefficient (Wildman–Crippen LogP) is 0.667. The van der Waals surface area contributed by atoms with E-state index in [-0.39, 0.29) is 11.6 Å². The quantitative estimate of drug-likeness (QED) is 0.439. The van der Waals surface area contributed by atoms with Crippen LogP contribution >= 0.6 is 0 Å². The first-order valence-electron chi connectivity index (χ1n) is 9.79. The lowest BCUT2D eigenvalue weighted by molar-refractivity contribution is -0.906. The van der Waals surface area contributed by atoms with Crippen LogP contribution in [0.15, 0.2) is 51.5 Å². The highest BCUT2D eigenvalue weighted by molar-refractivity contribution is 6.31. The maximum absolute atomic E-state index is 12.7. The van der Waals surface area contributed by atoms with Crippen molar-refractivity contribution in [1.82, 2.24) is 0 Å². The van der Waals surface area contributed by atoms with Gasteiger partial charge in [0, 0.05) is 6.08 Å². The van der Waals surface area contributed by atoms with E-state index in [1.54, 1.807) is 4.90 Å². The Bertz CT molecular complexity index is 1070. The van der Waals surface area contributed by atoms with Crippen molar-refractivity contribution in [3.05, 3.63) is 58.0 Å². The SMILES string of the molecule is O=C1N=C2N(CC[NH+]3CCOCC3)c3ccccc3N2C1=Cc1ccc([N+](=O)[O-])o1. The largest absolute Gasteiger partial charge is 0.433 e. The lowest BCUT2D eigenvalue weighted by Gasteiger charge is -2.26. The average Bonchev–Trinajstić information content (AvgIpc) is 3.42. The number of nitrogens with zero attached hydrogens (tertiary/aromatic N) is 4. The molecular weight excluding hydrogens is 390 g/mol. The molecule has 3 aliphatic rings. The Morgan fingerprint density at radius 2 is 1.93 bits per heavy atom. The Balaban J connectivity index is 1.45. The minimum absolute atomic E-state index is 0.232. The monoisotopic (exact) mass is 410 g/mol. The van der Waals surface area contributed by atoms with E-state index < -0.39 is 10.8 Å². The Morgan fingerprint density at radius 1 is 1.17 bits per heavy atom. The molecule has 10 heteroatoms. The van der Waals surface area contributed by atoms with Gasteiger partial charge in [0.05, 0.1) is 43.7 Å². The number of aliphatic imine (C=N–C) groups is 1. The van der Waals surface area contributed by atoms with Gasteiger partial charge >= 0.3 is 5.88 Å². The molecule has 0 radical (unpaired) electrons. The molecule has 3 aliphatic heterocycles. The number of nitro groups is 1. The van der Waals surface area contributed by atoms with Gasteiger partial charge in [0.2, 0.25) is 5.96 Å². The number of carbonyl (C=O) groups excluding carboxylic acids is 1. The molecule has 5 rings (SSSR count). The number of quaternary nitrogens is 1. The summed E-state index contributed by atoms with van der Waals surface area (Å²) in [6.45, 7) is 5.08. The van der Waals surface area contributed by atoms with Crippen molar-refractivity contribution in [3.8, 4) is 0 Å². The second-order valence-electron chi connectivity index (χ2n) is 7.27. The first kappa shape index (κ1) is 18.5. The van der Waals surface area contributed by atoms with Gasteiger partial charge in [-0.05, 0) is 18.2 Å². The van der Waals surface area contributed by atoms with E-state index in [9.17, 15) is 14.9 Å². The van der Waals surface area contributed by atoms with Crippen LogP contribution < -0.4 is 14.7 Å². The Labute approximate surface area is 171 Å². The number of amides is 1. The van der Waals surface area contributed by atoms with Gasteiger partial charge < -0.3 is 19.0 Å². The zero-order chi connectivity index (χ0) is 20.7. The number of fused-ring (bicyclic) bond motifs is 3. The smallest absolute Gasteiger partial charge is 0.401 e. The summed E-state index contributed by atoms with van der Waals surface area (Å²) in [6.07, 6.45) is 1.50. The fourth-order valence-electron chi connectivity index (χ4n) is 3.99. The molecule has 1 aromatic carbocycles. The number of ether oxygens (including phenoxy) is 1. The van der Waals surface area contributed by atoms with Crippen molar-refractivity contribution in [2.24, 2.45) is 4.99 Å². The van der Waals surface area contributed by atoms with Crippen molar-refractivity contribution in [3.63, 3.8) is 0 Å². The van der Waals surface area contributed by atoms with Crippen LogP contribution in [0.5, 0.6) is 0 Å². The van der Waals surface area contributed by atoms with E-state index in [4.69, 9.17) is 9.15 Å². The van der Waals surface area contributed by atoms with Gasteiger partial charge in [0.1, 0.15) is 29.5 Å². The number of morpholine rings is 1. The van der Waals surface area contributed by atoms with Crippen LogP contribution in [0.25, 0.3) is 6.08 Å². The fourth-order valence-corrected chi connectivity index (χ4v) is 3.99. The number of nitrogens with one attached hydrogen (secondary N) is 1. The average molecular weight is 410 g/mol. The van der Waals surface area contributed by atoms with E-state index in [0.29, 0.717) is 18.2 Å². The molecule has 0 aliphatic carbocycles. The normalized spacial score (nSPS) is 19.9. The summed E-state index contributed by atoms with van der Waals surface area (Å²) >= 11 is 0. The van der Waals surface area contributed by atoms with Gasteiger partial charge in [-0.25, -0.2) is 0 Å². The third-order valence-electron chi connectivity index (χ3n) is 5.48. The zero-order valence-electron chi connectivity index (χ0n) is 16.1. The number of para-hydroxylation sites is 2. The number of rotatable bonds is 5. The molecule has 0 saturated carbocycles. The molecule has 10 nitrogen and oxygen atoms in total. The molecule has 1 saturated heterocycles. The van der Waals surface area contributed by atoms with Crippen molar-refractivity contribution in [2.45, 2.75) is 0 Å². The van der Waals surface area contributed by atoms with Crippen LogP contribution in [-0.2, 0) is 9.53 Å². The number of guanidine groups is 1. The summed E-state index contributed by atoms with van der Waals surface area (Å²) in [4.78, 5) is 32.5. The van der Waals surface area contributed by atoms with Gasteiger partial charge in [-0.1, -0.05) is 12.1 Å². The van der Waals surface area contributed by atoms with Crippen LogP contribution in [0.3, 0.4) is 0 Å². The maximum atomic E-state index is 12.7. The second kappa shape index (κ2) is 7.39. The summed E-state index contributed by atoms with van der Waals surface area (Å²) in [5.74, 6) is 0.0176. The molecule has 0 unspecified atom stereocenters. The Kier molecular flexibility index (Phi) is 4.57. The molecule has 4 heterocycles. The minimum atomic E-state index is -0.610. The molecule has 1 amide bonds. The molecule has 0 atom stereocenters. The van der Waals surface area contributed by atoms with Gasteiger partial charge in [-0.3, -0.25) is 19.8 Å². The molecule has 0 spiro atoms. The number of hydrogen-bond acceptors (Lipinski definition) is 7. The summed E-state index contributed by atoms with van der Waals surface area (Å²) in [5, 5.41) is 10.9. The molecule has 30 heavy (non-hydrogen) atoms. The van der Waals surface area contributed by atoms with E-state index in [1.807, 2.05) is 24.3 Å². The lowest BCUT2D eigenvalue weighted by atomic mass is 10.2.